The molecule has 0 saturated carbocycles. The predicted octanol–water partition coefficient (Wildman–Crippen LogP) is 2.73. The summed E-state index contributed by atoms with van der Waals surface area (Å²) in [5.74, 6) is -1.68. The fourth-order valence-corrected chi connectivity index (χ4v) is 2.47. The normalized spacial score (nSPS) is 13.1. The third-order valence-corrected chi connectivity index (χ3v) is 3.56. The predicted molar refractivity (Wildman–Crippen MR) is 75.2 cm³/mol. The van der Waals surface area contributed by atoms with Crippen molar-refractivity contribution in [2.24, 2.45) is 0 Å². The van der Waals surface area contributed by atoms with Gasteiger partial charge in [-0.1, -0.05) is 6.07 Å². The second kappa shape index (κ2) is 5.01. The number of benzene rings is 2. The molecule has 1 amide bonds. The van der Waals surface area contributed by atoms with Crippen molar-refractivity contribution in [2.45, 2.75) is 6.42 Å². The first-order valence-corrected chi connectivity index (χ1v) is 6.50. The largest absolute Gasteiger partial charge is 0.478 e. The van der Waals surface area contributed by atoms with Crippen LogP contribution in [-0.4, -0.2) is 23.5 Å². The highest BCUT2D eigenvalue weighted by Crippen LogP contribution is 2.30. The highest BCUT2D eigenvalue weighted by molar-refractivity contribution is 6.07. The Labute approximate surface area is 120 Å². The molecule has 0 fully saturated rings. The van der Waals surface area contributed by atoms with E-state index in [1.165, 1.54) is 41.3 Å². The van der Waals surface area contributed by atoms with E-state index in [0.29, 0.717) is 24.2 Å². The summed E-state index contributed by atoms with van der Waals surface area (Å²) < 4.78 is 12.9. The van der Waals surface area contributed by atoms with Crippen LogP contribution >= 0.6 is 0 Å². The number of halogens is 1. The number of hydrogen-bond donors (Lipinski definition) is 1. The fourth-order valence-electron chi connectivity index (χ4n) is 2.47. The monoisotopic (exact) mass is 285 g/mol. The highest BCUT2D eigenvalue weighted by atomic mass is 19.1. The minimum atomic E-state index is -1.03. The molecule has 0 saturated heterocycles. The smallest absolute Gasteiger partial charge is 0.335 e. The molecular weight excluding hydrogens is 273 g/mol. The Hall–Kier alpha value is -2.69. The molecule has 4 nitrogen and oxygen atoms in total. The number of carbonyl (C=O) groups excluding carboxylic acids is 1. The zero-order valence-electron chi connectivity index (χ0n) is 11.0. The van der Waals surface area contributed by atoms with Gasteiger partial charge in [0.2, 0.25) is 0 Å². The van der Waals surface area contributed by atoms with Gasteiger partial charge in [-0.05, 0) is 48.4 Å². The van der Waals surface area contributed by atoms with Crippen LogP contribution in [0.4, 0.5) is 10.1 Å². The summed E-state index contributed by atoms with van der Waals surface area (Å²) in [6, 6.07) is 10.1. The third kappa shape index (κ3) is 2.38. The Bertz CT molecular complexity index is 725. The standard InChI is InChI=1S/C16H12FNO3/c17-13-5-3-11(4-6-13)15(19)18-8-7-10-1-2-12(16(20)21)9-14(10)18/h1-6,9H,7-8H2,(H,20,21). The number of carbonyl (C=O) groups is 2. The van der Waals surface area contributed by atoms with Gasteiger partial charge in [-0.25, -0.2) is 9.18 Å². The van der Waals surface area contributed by atoms with Crippen molar-refractivity contribution in [2.75, 3.05) is 11.4 Å². The molecule has 0 bridgehead atoms. The molecule has 5 heteroatoms. The maximum atomic E-state index is 12.9. The van der Waals surface area contributed by atoms with Crippen molar-refractivity contribution in [1.29, 1.82) is 0 Å². The minimum Gasteiger partial charge on any atom is -0.478 e. The van der Waals surface area contributed by atoms with E-state index < -0.39 is 11.8 Å². The topological polar surface area (TPSA) is 57.6 Å². The molecule has 1 aliphatic rings. The van der Waals surface area contributed by atoms with E-state index in [1.807, 2.05) is 0 Å². The van der Waals surface area contributed by atoms with Gasteiger partial charge in [-0.15, -0.1) is 0 Å². The molecule has 0 aliphatic carbocycles. The zero-order chi connectivity index (χ0) is 15.0. The maximum absolute atomic E-state index is 12.9. The van der Waals surface area contributed by atoms with E-state index in [-0.39, 0.29) is 11.5 Å². The lowest BCUT2D eigenvalue weighted by Crippen LogP contribution is -2.29. The van der Waals surface area contributed by atoms with Crippen LogP contribution in [0.1, 0.15) is 26.3 Å². The number of amides is 1. The van der Waals surface area contributed by atoms with Crippen LogP contribution in [0.3, 0.4) is 0 Å². The lowest BCUT2D eigenvalue weighted by atomic mass is 10.1. The number of carboxylic acids is 1. The van der Waals surface area contributed by atoms with E-state index in [9.17, 15) is 14.0 Å². The SMILES string of the molecule is O=C(O)c1ccc2c(c1)N(C(=O)c1ccc(F)cc1)CC2. The third-order valence-electron chi connectivity index (χ3n) is 3.56. The van der Waals surface area contributed by atoms with Gasteiger partial charge in [-0.2, -0.15) is 0 Å². The molecule has 0 unspecified atom stereocenters. The second-order valence-corrected chi connectivity index (χ2v) is 4.86. The lowest BCUT2D eigenvalue weighted by Gasteiger charge is -2.17. The van der Waals surface area contributed by atoms with Gasteiger partial charge in [0.1, 0.15) is 5.82 Å². The number of rotatable bonds is 2. The van der Waals surface area contributed by atoms with Crippen LogP contribution in [0.2, 0.25) is 0 Å². The number of aromatic carboxylic acids is 1. The molecule has 0 radical (unpaired) electrons. The van der Waals surface area contributed by atoms with E-state index in [1.54, 1.807) is 6.07 Å². The highest BCUT2D eigenvalue weighted by Gasteiger charge is 2.26. The Kier molecular flexibility index (Phi) is 3.17. The van der Waals surface area contributed by atoms with Crippen molar-refractivity contribution in [3.8, 4) is 0 Å². The molecule has 0 atom stereocenters. The number of anilines is 1. The second-order valence-electron chi connectivity index (χ2n) is 4.86. The van der Waals surface area contributed by atoms with E-state index in [4.69, 9.17) is 5.11 Å². The molecule has 106 valence electrons. The summed E-state index contributed by atoms with van der Waals surface area (Å²) in [5.41, 5.74) is 2.08. The first-order valence-electron chi connectivity index (χ1n) is 6.50. The van der Waals surface area contributed by atoms with Gasteiger partial charge in [0.05, 0.1) is 5.56 Å². The van der Waals surface area contributed by atoms with Crippen LogP contribution < -0.4 is 4.90 Å². The van der Waals surface area contributed by atoms with Crippen molar-refractivity contribution in [3.63, 3.8) is 0 Å². The first kappa shape index (κ1) is 13.3. The molecule has 1 N–H and O–H groups in total. The summed E-state index contributed by atoms with van der Waals surface area (Å²) in [6.45, 7) is 0.495. The van der Waals surface area contributed by atoms with Gasteiger partial charge in [0.25, 0.3) is 5.91 Å². The number of carboxylic acid groups (broad SMARTS) is 1. The van der Waals surface area contributed by atoms with Crippen LogP contribution in [0.25, 0.3) is 0 Å². The molecule has 3 rings (SSSR count). The van der Waals surface area contributed by atoms with Crippen molar-refractivity contribution < 1.29 is 19.1 Å². The maximum Gasteiger partial charge on any atom is 0.335 e. The number of fused-ring (bicyclic) bond motifs is 1. The van der Waals surface area contributed by atoms with Gasteiger partial charge in [0, 0.05) is 17.8 Å². The van der Waals surface area contributed by atoms with Gasteiger partial charge < -0.3 is 10.0 Å². The summed E-state index contributed by atoms with van der Waals surface area (Å²) in [6.07, 6.45) is 0.683. The molecule has 2 aromatic rings. The Morgan fingerprint density at radius 2 is 1.71 bits per heavy atom. The molecule has 1 heterocycles. The zero-order valence-corrected chi connectivity index (χ0v) is 11.0. The summed E-state index contributed by atoms with van der Waals surface area (Å²) in [5, 5.41) is 9.04. The first-order chi connectivity index (χ1) is 10.1. The van der Waals surface area contributed by atoms with Gasteiger partial charge in [-0.3, -0.25) is 4.79 Å². The minimum absolute atomic E-state index is 0.146. The van der Waals surface area contributed by atoms with Gasteiger partial charge >= 0.3 is 5.97 Å². The van der Waals surface area contributed by atoms with E-state index in [0.717, 1.165) is 5.56 Å². The molecular formula is C16H12FNO3. The Morgan fingerprint density at radius 1 is 1.05 bits per heavy atom. The molecule has 1 aliphatic heterocycles. The van der Waals surface area contributed by atoms with Gasteiger partial charge in [0.15, 0.2) is 0 Å². The van der Waals surface area contributed by atoms with Crippen molar-refractivity contribution in [3.05, 3.63) is 65.0 Å². The average Bonchev–Trinajstić information content (AvgIpc) is 2.90. The van der Waals surface area contributed by atoms with Crippen molar-refractivity contribution >= 4 is 17.6 Å². The summed E-state index contributed by atoms with van der Waals surface area (Å²) in [4.78, 5) is 25.0. The fraction of sp³-hybridized carbons (Fsp3) is 0.125. The number of nitrogens with zero attached hydrogens (tertiary/aromatic N) is 1. The van der Waals surface area contributed by atoms with Crippen LogP contribution in [0, 0.1) is 5.82 Å². The molecule has 2 aromatic carbocycles. The molecule has 0 aromatic heterocycles. The summed E-state index contributed by atoms with van der Waals surface area (Å²) in [7, 11) is 0. The Morgan fingerprint density at radius 3 is 2.38 bits per heavy atom. The number of hydrogen-bond acceptors (Lipinski definition) is 2. The van der Waals surface area contributed by atoms with E-state index in [2.05, 4.69) is 0 Å². The van der Waals surface area contributed by atoms with Crippen molar-refractivity contribution in [1.82, 2.24) is 0 Å². The van der Waals surface area contributed by atoms with Crippen LogP contribution in [0.5, 0.6) is 0 Å². The lowest BCUT2D eigenvalue weighted by molar-refractivity contribution is 0.0696. The van der Waals surface area contributed by atoms with E-state index >= 15 is 0 Å². The summed E-state index contributed by atoms with van der Waals surface area (Å²) >= 11 is 0. The quantitative estimate of drug-likeness (QED) is 0.923. The molecule has 0 spiro atoms. The molecule has 21 heavy (non-hydrogen) atoms. The average molecular weight is 285 g/mol. The Balaban J connectivity index is 1.96. The van der Waals surface area contributed by atoms with Crippen LogP contribution in [-0.2, 0) is 6.42 Å². The van der Waals surface area contributed by atoms with Crippen LogP contribution in [0.15, 0.2) is 42.5 Å².